The molecule has 2 heterocycles. The van der Waals surface area contributed by atoms with Crippen LogP contribution in [0, 0.1) is 13.8 Å². The Labute approximate surface area is 173 Å². The highest BCUT2D eigenvalue weighted by Gasteiger charge is 2.21. The zero-order valence-electron chi connectivity index (χ0n) is 18.3. The summed E-state index contributed by atoms with van der Waals surface area (Å²) in [5.41, 5.74) is 4.86. The minimum absolute atomic E-state index is 0.774. The van der Waals surface area contributed by atoms with Crippen LogP contribution in [0.3, 0.4) is 0 Å². The van der Waals surface area contributed by atoms with Gasteiger partial charge in [-0.15, -0.1) is 0 Å². The Morgan fingerprint density at radius 3 is 2.48 bits per heavy atom. The Bertz CT molecular complexity index is 859. The number of hydrogen-bond acceptors (Lipinski definition) is 4. The van der Waals surface area contributed by atoms with Gasteiger partial charge >= 0.3 is 0 Å². The van der Waals surface area contributed by atoms with Gasteiger partial charge in [-0.05, 0) is 62.9 Å². The number of aliphatic imine (C=N–C) groups is 1. The lowest BCUT2D eigenvalue weighted by Crippen LogP contribution is -2.44. The zero-order valence-corrected chi connectivity index (χ0v) is 18.3. The Kier molecular flexibility index (Phi) is 7.01. The summed E-state index contributed by atoms with van der Waals surface area (Å²) in [6.07, 6.45) is 1.93. The van der Waals surface area contributed by atoms with Crippen molar-refractivity contribution in [2.45, 2.75) is 46.7 Å². The van der Waals surface area contributed by atoms with E-state index in [0.29, 0.717) is 0 Å². The van der Waals surface area contributed by atoms with Gasteiger partial charge in [0.15, 0.2) is 17.5 Å². The summed E-state index contributed by atoms with van der Waals surface area (Å²) in [7, 11) is 3.36. The predicted molar refractivity (Wildman–Crippen MR) is 116 cm³/mol. The second-order valence-electron chi connectivity index (χ2n) is 7.39. The number of nitrogens with zero attached hydrogens (tertiary/aromatic N) is 4. The van der Waals surface area contributed by atoms with Crippen molar-refractivity contribution in [1.82, 2.24) is 20.0 Å². The summed E-state index contributed by atoms with van der Waals surface area (Å²) < 4.78 is 13.0. The molecule has 1 aliphatic heterocycles. The standard InChI is InChI=1S/C22H33N5O2/c1-6-23-22(24-9-7-10-27-17(3)12-16(2)25-27)26-11-8-18-13-20(28-4)21(29-5)14-19(18)15-26/h12-14H,6-11,15H2,1-5H3,(H,23,24). The largest absolute Gasteiger partial charge is 0.493 e. The molecule has 0 saturated carbocycles. The number of ether oxygens (including phenoxy) is 2. The monoisotopic (exact) mass is 399 g/mol. The van der Waals surface area contributed by atoms with Gasteiger partial charge < -0.3 is 19.7 Å². The molecule has 0 bridgehead atoms. The molecule has 158 valence electrons. The van der Waals surface area contributed by atoms with Gasteiger partial charge in [0.2, 0.25) is 0 Å². The number of hydrogen-bond donors (Lipinski definition) is 1. The van der Waals surface area contributed by atoms with Crippen molar-refractivity contribution in [2.24, 2.45) is 4.99 Å². The summed E-state index contributed by atoms with van der Waals surface area (Å²) in [5.74, 6) is 2.55. The fraction of sp³-hybridized carbons (Fsp3) is 0.545. The number of methoxy groups -OCH3 is 2. The van der Waals surface area contributed by atoms with E-state index < -0.39 is 0 Å². The average Bonchev–Trinajstić information content (AvgIpc) is 3.05. The molecule has 0 saturated heterocycles. The maximum Gasteiger partial charge on any atom is 0.194 e. The summed E-state index contributed by atoms with van der Waals surface area (Å²) in [5, 5.41) is 7.97. The van der Waals surface area contributed by atoms with E-state index >= 15 is 0 Å². The van der Waals surface area contributed by atoms with Crippen LogP contribution in [0.5, 0.6) is 11.5 Å². The van der Waals surface area contributed by atoms with Crippen LogP contribution in [0.25, 0.3) is 0 Å². The highest BCUT2D eigenvalue weighted by molar-refractivity contribution is 5.80. The maximum atomic E-state index is 5.48. The van der Waals surface area contributed by atoms with Crippen molar-refractivity contribution in [3.05, 3.63) is 40.7 Å². The summed E-state index contributed by atoms with van der Waals surface area (Å²) in [6.45, 7) is 10.5. The fourth-order valence-corrected chi connectivity index (χ4v) is 3.80. The van der Waals surface area contributed by atoms with Gasteiger partial charge in [0.05, 0.1) is 19.9 Å². The lowest BCUT2D eigenvalue weighted by molar-refractivity contribution is 0.346. The van der Waals surface area contributed by atoms with Gasteiger partial charge in [0.1, 0.15) is 0 Å². The van der Waals surface area contributed by atoms with E-state index in [9.17, 15) is 0 Å². The third-order valence-electron chi connectivity index (χ3n) is 5.25. The van der Waals surface area contributed by atoms with E-state index in [-0.39, 0.29) is 0 Å². The van der Waals surface area contributed by atoms with E-state index in [1.165, 1.54) is 16.8 Å². The summed E-state index contributed by atoms with van der Waals surface area (Å²) in [4.78, 5) is 7.19. The molecular weight excluding hydrogens is 366 g/mol. The lowest BCUT2D eigenvalue weighted by atomic mass is 9.99. The van der Waals surface area contributed by atoms with Crippen LogP contribution in [-0.2, 0) is 19.5 Å². The minimum Gasteiger partial charge on any atom is -0.493 e. The van der Waals surface area contributed by atoms with Gasteiger partial charge in [0.25, 0.3) is 0 Å². The van der Waals surface area contributed by atoms with Crippen molar-refractivity contribution < 1.29 is 9.47 Å². The Balaban J connectivity index is 1.66. The van der Waals surface area contributed by atoms with E-state index in [1.54, 1.807) is 14.2 Å². The van der Waals surface area contributed by atoms with Crippen LogP contribution in [0.4, 0.5) is 0 Å². The molecular formula is C22H33N5O2. The molecule has 1 N–H and O–H groups in total. The van der Waals surface area contributed by atoms with E-state index in [2.05, 4.69) is 52.0 Å². The molecule has 0 unspecified atom stereocenters. The van der Waals surface area contributed by atoms with Crippen molar-refractivity contribution in [1.29, 1.82) is 0 Å². The topological polar surface area (TPSA) is 63.9 Å². The van der Waals surface area contributed by atoms with E-state index in [0.717, 1.165) is 68.7 Å². The fourth-order valence-electron chi connectivity index (χ4n) is 3.80. The van der Waals surface area contributed by atoms with Gasteiger partial charge in [-0.2, -0.15) is 5.10 Å². The molecule has 0 atom stereocenters. The van der Waals surface area contributed by atoms with Crippen molar-refractivity contribution >= 4 is 5.96 Å². The molecule has 0 amide bonds. The molecule has 7 heteroatoms. The Morgan fingerprint density at radius 2 is 1.86 bits per heavy atom. The first kappa shape index (κ1) is 21.0. The second kappa shape index (κ2) is 9.67. The normalized spacial score (nSPS) is 14.0. The van der Waals surface area contributed by atoms with Gasteiger partial charge in [-0.1, -0.05) is 0 Å². The van der Waals surface area contributed by atoms with Gasteiger partial charge in [0, 0.05) is 38.4 Å². The van der Waals surface area contributed by atoms with E-state index in [4.69, 9.17) is 14.5 Å². The maximum absolute atomic E-state index is 5.48. The molecule has 0 fully saturated rings. The highest BCUT2D eigenvalue weighted by Crippen LogP contribution is 2.33. The molecule has 3 rings (SSSR count). The first-order chi connectivity index (χ1) is 14.0. The highest BCUT2D eigenvalue weighted by atomic mass is 16.5. The molecule has 29 heavy (non-hydrogen) atoms. The first-order valence-corrected chi connectivity index (χ1v) is 10.3. The minimum atomic E-state index is 0.774. The first-order valence-electron chi connectivity index (χ1n) is 10.3. The molecule has 2 aromatic rings. The van der Waals surface area contributed by atoms with Crippen molar-refractivity contribution in [2.75, 3.05) is 33.9 Å². The summed E-state index contributed by atoms with van der Waals surface area (Å²) in [6, 6.07) is 6.30. The smallest absolute Gasteiger partial charge is 0.194 e. The predicted octanol–water partition coefficient (Wildman–Crippen LogP) is 2.93. The average molecular weight is 400 g/mol. The van der Waals surface area contributed by atoms with Gasteiger partial charge in [-0.25, -0.2) is 0 Å². The number of guanidine groups is 1. The molecule has 0 aliphatic carbocycles. The zero-order chi connectivity index (χ0) is 20.8. The van der Waals surface area contributed by atoms with Crippen LogP contribution in [0.2, 0.25) is 0 Å². The lowest BCUT2D eigenvalue weighted by Gasteiger charge is -2.32. The van der Waals surface area contributed by atoms with Crippen LogP contribution >= 0.6 is 0 Å². The van der Waals surface area contributed by atoms with Crippen LogP contribution in [-0.4, -0.2) is 54.5 Å². The molecule has 1 aliphatic rings. The van der Waals surface area contributed by atoms with E-state index in [1.807, 2.05) is 6.92 Å². The molecule has 1 aromatic carbocycles. The van der Waals surface area contributed by atoms with Crippen LogP contribution < -0.4 is 14.8 Å². The number of rotatable bonds is 7. The summed E-state index contributed by atoms with van der Waals surface area (Å²) >= 11 is 0. The van der Waals surface area contributed by atoms with Crippen molar-refractivity contribution in [3.8, 4) is 11.5 Å². The molecule has 1 aromatic heterocycles. The second-order valence-corrected chi connectivity index (χ2v) is 7.39. The third kappa shape index (κ3) is 5.02. The molecule has 0 spiro atoms. The Hall–Kier alpha value is -2.70. The number of aryl methyl sites for hydroxylation is 3. The van der Waals surface area contributed by atoms with Crippen LogP contribution in [0.1, 0.15) is 35.9 Å². The van der Waals surface area contributed by atoms with Crippen molar-refractivity contribution in [3.63, 3.8) is 0 Å². The number of benzene rings is 1. The van der Waals surface area contributed by atoms with Gasteiger partial charge in [-0.3, -0.25) is 9.67 Å². The number of aromatic nitrogens is 2. The third-order valence-corrected chi connectivity index (χ3v) is 5.25. The molecule has 0 radical (unpaired) electrons. The SMILES string of the molecule is CCNC(=NCCCn1nc(C)cc1C)N1CCc2cc(OC)c(OC)cc2C1. The number of fused-ring (bicyclic) bond motifs is 1. The molecule has 7 nitrogen and oxygen atoms in total. The quantitative estimate of drug-likeness (QED) is 0.441. The number of nitrogens with one attached hydrogen (secondary N) is 1. The van der Waals surface area contributed by atoms with Crippen LogP contribution in [0.15, 0.2) is 23.2 Å². The Morgan fingerprint density at radius 1 is 1.14 bits per heavy atom.